The van der Waals surface area contributed by atoms with Crippen LogP contribution in [0.1, 0.15) is 39.5 Å². The highest BCUT2D eigenvalue weighted by Gasteiger charge is 2.09. The zero-order chi connectivity index (χ0) is 15.3. The minimum atomic E-state index is -0.0231. The van der Waals surface area contributed by atoms with Gasteiger partial charge in [0.15, 0.2) is 5.96 Å². The highest BCUT2D eigenvalue weighted by atomic mass is 16.1. The predicted molar refractivity (Wildman–Crippen MR) is 87.6 cm³/mol. The number of rotatable bonds is 8. The second-order valence-electron chi connectivity index (χ2n) is 5.37. The Kier molecular flexibility index (Phi) is 9.61. The van der Waals surface area contributed by atoms with Crippen molar-refractivity contribution in [2.75, 3.05) is 45.8 Å². The lowest BCUT2D eigenvalue weighted by atomic mass is 10.1. The second kappa shape index (κ2) is 11.4. The van der Waals surface area contributed by atoms with Crippen LogP contribution in [0, 0.1) is 0 Å². The molecule has 0 aliphatic carbocycles. The highest BCUT2D eigenvalue weighted by molar-refractivity contribution is 5.84. The van der Waals surface area contributed by atoms with Gasteiger partial charge < -0.3 is 20.9 Å². The van der Waals surface area contributed by atoms with Crippen LogP contribution in [0.15, 0.2) is 4.99 Å². The molecule has 6 heteroatoms. The molecular weight excluding hydrogens is 266 g/mol. The van der Waals surface area contributed by atoms with Gasteiger partial charge in [-0.1, -0.05) is 13.3 Å². The number of piperidine rings is 1. The molecule has 0 bridgehead atoms. The van der Waals surface area contributed by atoms with Crippen LogP contribution in [0.4, 0.5) is 0 Å². The first kappa shape index (κ1) is 17.8. The molecule has 1 saturated heterocycles. The molecule has 0 saturated carbocycles. The van der Waals surface area contributed by atoms with E-state index in [0.29, 0.717) is 6.54 Å². The molecule has 1 amide bonds. The average Bonchev–Trinajstić information content (AvgIpc) is 2.51. The Bertz CT molecular complexity index is 313. The average molecular weight is 297 g/mol. The van der Waals surface area contributed by atoms with E-state index in [0.717, 1.165) is 32.0 Å². The molecule has 1 heterocycles. The van der Waals surface area contributed by atoms with Gasteiger partial charge in [-0.25, -0.2) is 4.99 Å². The molecule has 1 fully saturated rings. The summed E-state index contributed by atoms with van der Waals surface area (Å²) in [4.78, 5) is 18.3. The normalized spacial score (nSPS) is 16.6. The SMILES string of the molecule is CCCNC(=O)CN=C(NCC)NCCN1CCCCC1. The largest absolute Gasteiger partial charge is 0.357 e. The first-order valence-electron chi connectivity index (χ1n) is 8.27. The fourth-order valence-electron chi connectivity index (χ4n) is 2.33. The zero-order valence-electron chi connectivity index (χ0n) is 13.6. The number of aliphatic imine (C=N–C) groups is 1. The molecule has 0 aromatic rings. The number of amides is 1. The Morgan fingerprint density at radius 3 is 2.48 bits per heavy atom. The van der Waals surface area contributed by atoms with E-state index >= 15 is 0 Å². The summed E-state index contributed by atoms with van der Waals surface area (Å²) in [6.07, 6.45) is 4.93. The van der Waals surface area contributed by atoms with Crippen LogP contribution >= 0.6 is 0 Å². The van der Waals surface area contributed by atoms with E-state index in [9.17, 15) is 4.79 Å². The zero-order valence-corrected chi connectivity index (χ0v) is 13.6. The Labute approximate surface area is 128 Å². The van der Waals surface area contributed by atoms with E-state index in [1.54, 1.807) is 0 Å². The van der Waals surface area contributed by atoms with Gasteiger partial charge in [0.2, 0.25) is 5.91 Å². The van der Waals surface area contributed by atoms with E-state index in [1.165, 1.54) is 32.4 Å². The van der Waals surface area contributed by atoms with Gasteiger partial charge in [-0.2, -0.15) is 0 Å². The summed E-state index contributed by atoms with van der Waals surface area (Å²) in [5.74, 6) is 0.700. The molecule has 122 valence electrons. The summed E-state index contributed by atoms with van der Waals surface area (Å²) in [5, 5.41) is 9.30. The maximum Gasteiger partial charge on any atom is 0.241 e. The topological polar surface area (TPSA) is 68.8 Å². The van der Waals surface area contributed by atoms with Crippen molar-refractivity contribution < 1.29 is 4.79 Å². The third-order valence-corrected chi connectivity index (χ3v) is 3.47. The maximum absolute atomic E-state index is 11.5. The molecule has 0 aromatic heterocycles. The third-order valence-electron chi connectivity index (χ3n) is 3.47. The Morgan fingerprint density at radius 2 is 1.81 bits per heavy atom. The number of carbonyl (C=O) groups is 1. The summed E-state index contributed by atoms with van der Waals surface area (Å²) < 4.78 is 0. The standard InChI is InChI=1S/C15H31N5O/c1-3-8-17-14(21)13-19-15(16-4-2)18-9-12-20-10-6-5-7-11-20/h3-13H2,1-2H3,(H,17,21)(H2,16,18,19). The molecule has 0 radical (unpaired) electrons. The van der Waals surface area contributed by atoms with Crippen LogP contribution in [0.3, 0.4) is 0 Å². The summed E-state index contributed by atoms with van der Waals surface area (Å²) in [6.45, 7) is 10.1. The van der Waals surface area contributed by atoms with E-state index < -0.39 is 0 Å². The Morgan fingerprint density at radius 1 is 1.05 bits per heavy atom. The minimum absolute atomic E-state index is 0.0231. The van der Waals surface area contributed by atoms with E-state index in [4.69, 9.17) is 0 Å². The second-order valence-corrected chi connectivity index (χ2v) is 5.37. The van der Waals surface area contributed by atoms with Gasteiger partial charge in [-0.05, 0) is 39.3 Å². The lowest BCUT2D eigenvalue weighted by Gasteiger charge is -2.26. The van der Waals surface area contributed by atoms with Crippen molar-refractivity contribution in [2.24, 2.45) is 4.99 Å². The van der Waals surface area contributed by atoms with Crippen LogP contribution in [0.25, 0.3) is 0 Å². The molecule has 3 N–H and O–H groups in total. The summed E-state index contributed by atoms with van der Waals surface area (Å²) >= 11 is 0. The predicted octanol–water partition coefficient (Wildman–Crippen LogP) is 0.554. The molecule has 0 unspecified atom stereocenters. The molecule has 0 aromatic carbocycles. The summed E-state index contributed by atoms with van der Waals surface area (Å²) in [5.41, 5.74) is 0. The van der Waals surface area contributed by atoms with E-state index in [-0.39, 0.29) is 12.5 Å². The smallest absolute Gasteiger partial charge is 0.241 e. The Balaban J connectivity index is 2.25. The van der Waals surface area contributed by atoms with Crippen LogP contribution in [-0.4, -0.2) is 62.6 Å². The molecule has 21 heavy (non-hydrogen) atoms. The van der Waals surface area contributed by atoms with Crippen molar-refractivity contribution in [3.8, 4) is 0 Å². The number of nitrogens with one attached hydrogen (secondary N) is 3. The quantitative estimate of drug-likeness (QED) is 0.452. The van der Waals surface area contributed by atoms with Gasteiger partial charge in [-0.3, -0.25) is 4.79 Å². The van der Waals surface area contributed by atoms with Gasteiger partial charge in [0, 0.05) is 26.2 Å². The molecule has 6 nitrogen and oxygen atoms in total. The molecule has 0 atom stereocenters. The number of carbonyl (C=O) groups excluding carboxylic acids is 1. The first-order chi connectivity index (χ1) is 10.3. The molecular formula is C15H31N5O. The molecule has 0 spiro atoms. The van der Waals surface area contributed by atoms with E-state index in [2.05, 4.69) is 25.8 Å². The molecule has 1 aliphatic rings. The van der Waals surface area contributed by atoms with Gasteiger partial charge >= 0.3 is 0 Å². The summed E-state index contributed by atoms with van der Waals surface area (Å²) in [7, 11) is 0. The number of guanidine groups is 1. The monoisotopic (exact) mass is 297 g/mol. The van der Waals surface area contributed by atoms with Crippen molar-refractivity contribution in [2.45, 2.75) is 39.5 Å². The van der Waals surface area contributed by atoms with Crippen LogP contribution in [0.5, 0.6) is 0 Å². The molecule has 1 aliphatic heterocycles. The van der Waals surface area contributed by atoms with E-state index in [1.807, 2.05) is 13.8 Å². The fraction of sp³-hybridized carbons (Fsp3) is 0.867. The van der Waals surface area contributed by atoms with Gasteiger partial charge in [-0.15, -0.1) is 0 Å². The fourth-order valence-corrected chi connectivity index (χ4v) is 2.33. The van der Waals surface area contributed by atoms with Crippen LogP contribution < -0.4 is 16.0 Å². The highest BCUT2D eigenvalue weighted by Crippen LogP contribution is 2.07. The van der Waals surface area contributed by atoms with Gasteiger partial charge in [0.1, 0.15) is 6.54 Å². The maximum atomic E-state index is 11.5. The van der Waals surface area contributed by atoms with Crippen LogP contribution in [0.2, 0.25) is 0 Å². The van der Waals surface area contributed by atoms with Crippen molar-refractivity contribution in [1.82, 2.24) is 20.9 Å². The van der Waals surface area contributed by atoms with Crippen molar-refractivity contribution in [1.29, 1.82) is 0 Å². The lowest BCUT2D eigenvalue weighted by Crippen LogP contribution is -2.43. The number of nitrogens with zero attached hydrogens (tertiary/aromatic N) is 2. The lowest BCUT2D eigenvalue weighted by molar-refractivity contribution is -0.119. The Hall–Kier alpha value is -1.30. The minimum Gasteiger partial charge on any atom is -0.357 e. The van der Waals surface area contributed by atoms with Crippen molar-refractivity contribution in [3.63, 3.8) is 0 Å². The number of hydrogen-bond donors (Lipinski definition) is 3. The molecule has 1 rings (SSSR count). The summed E-state index contributed by atoms with van der Waals surface area (Å²) in [6, 6.07) is 0. The number of hydrogen-bond acceptors (Lipinski definition) is 3. The number of likely N-dealkylation sites (tertiary alicyclic amines) is 1. The van der Waals surface area contributed by atoms with Crippen molar-refractivity contribution >= 4 is 11.9 Å². The first-order valence-corrected chi connectivity index (χ1v) is 8.27. The van der Waals surface area contributed by atoms with Crippen LogP contribution in [-0.2, 0) is 4.79 Å². The van der Waals surface area contributed by atoms with Crippen molar-refractivity contribution in [3.05, 3.63) is 0 Å². The van der Waals surface area contributed by atoms with Gasteiger partial charge in [0.25, 0.3) is 0 Å². The van der Waals surface area contributed by atoms with Gasteiger partial charge in [0.05, 0.1) is 0 Å². The third kappa shape index (κ3) is 8.55.